The maximum absolute atomic E-state index is 13.1. The van der Waals surface area contributed by atoms with Crippen molar-refractivity contribution in [2.45, 2.75) is 31.9 Å². The first kappa shape index (κ1) is 22.5. The third kappa shape index (κ3) is 6.63. The molecule has 0 unspecified atom stereocenters. The monoisotopic (exact) mass is 425 g/mol. The Labute approximate surface area is 181 Å². The van der Waals surface area contributed by atoms with Crippen LogP contribution in [0, 0.1) is 5.92 Å². The molecule has 1 aliphatic rings. The molecular weight excluding hydrogens is 398 g/mol. The van der Waals surface area contributed by atoms with Crippen molar-refractivity contribution in [2.24, 2.45) is 5.92 Å². The molecule has 0 spiro atoms. The summed E-state index contributed by atoms with van der Waals surface area (Å²) in [5.74, 6) is -2.02. The van der Waals surface area contributed by atoms with Crippen molar-refractivity contribution in [3.05, 3.63) is 71.8 Å². The number of benzene rings is 2. The van der Waals surface area contributed by atoms with E-state index in [9.17, 15) is 19.5 Å². The highest BCUT2D eigenvalue weighted by atomic mass is 16.6. The second-order valence-electron chi connectivity index (χ2n) is 7.45. The molecule has 2 aromatic rings. The molecule has 1 saturated heterocycles. The van der Waals surface area contributed by atoms with Crippen LogP contribution < -0.4 is 10.7 Å². The smallest absolute Gasteiger partial charge is 0.431 e. The number of piperidine rings is 1. The lowest BCUT2D eigenvalue weighted by Gasteiger charge is -2.30. The summed E-state index contributed by atoms with van der Waals surface area (Å²) >= 11 is 0. The number of hydrogen-bond acceptors (Lipinski definition) is 6. The molecule has 8 nitrogen and oxygen atoms in total. The first-order chi connectivity index (χ1) is 15.0. The van der Waals surface area contributed by atoms with E-state index in [1.165, 1.54) is 0 Å². The Balaban J connectivity index is 1.75. The summed E-state index contributed by atoms with van der Waals surface area (Å²) in [7, 11) is 0. The van der Waals surface area contributed by atoms with Crippen LogP contribution in [0.4, 0.5) is 4.79 Å². The summed E-state index contributed by atoms with van der Waals surface area (Å²) in [6.45, 7) is 1.30. The number of rotatable bonds is 8. The van der Waals surface area contributed by atoms with E-state index in [0.29, 0.717) is 25.9 Å². The number of hydrazine groups is 1. The number of aliphatic carboxylic acids is 1. The minimum absolute atomic E-state index is 0.0201. The minimum Gasteiger partial charge on any atom is -0.480 e. The topological polar surface area (TPSA) is 108 Å². The highest BCUT2D eigenvalue weighted by Gasteiger charge is 2.34. The third-order valence-corrected chi connectivity index (χ3v) is 5.16. The standard InChI is InChI=1S/C23H27N3O5/c27-21(19-11-13-24-14-12-19)26(23(30)31-16-18-9-5-2-6-10-18)25-20(22(28)29)15-17-7-3-1-4-8-17/h1-10,19-20,24-25H,11-16H2,(H,28,29)/t20-/m0/s1. The Bertz CT molecular complexity index is 869. The van der Waals surface area contributed by atoms with Crippen molar-refractivity contribution in [1.29, 1.82) is 0 Å². The highest BCUT2D eigenvalue weighted by molar-refractivity contribution is 5.93. The fourth-order valence-electron chi connectivity index (χ4n) is 3.44. The van der Waals surface area contributed by atoms with Crippen LogP contribution in [0.15, 0.2) is 60.7 Å². The van der Waals surface area contributed by atoms with E-state index in [4.69, 9.17) is 4.74 Å². The molecule has 1 heterocycles. The Hall–Kier alpha value is -3.23. The predicted molar refractivity (Wildman–Crippen MR) is 114 cm³/mol. The van der Waals surface area contributed by atoms with Crippen LogP contribution in [0.25, 0.3) is 0 Å². The maximum atomic E-state index is 13.1. The van der Waals surface area contributed by atoms with Crippen molar-refractivity contribution in [3.63, 3.8) is 0 Å². The molecule has 2 aromatic carbocycles. The van der Waals surface area contributed by atoms with Crippen molar-refractivity contribution in [3.8, 4) is 0 Å². The van der Waals surface area contributed by atoms with E-state index in [1.54, 1.807) is 36.4 Å². The molecule has 164 valence electrons. The number of carboxylic acid groups (broad SMARTS) is 1. The van der Waals surface area contributed by atoms with Crippen LogP contribution in [-0.2, 0) is 27.4 Å². The molecular formula is C23H27N3O5. The highest BCUT2D eigenvalue weighted by Crippen LogP contribution is 2.16. The van der Waals surface area contributed by atoms with E-state index in [1.807, 2.05) is 24.3 Å². The Morgan fingerprint density at radius 2 is 1.58 bits per heavy atom. The van der Waals surface area contributed by atoms with E-state index < -0.39 is 24.0 Å². The fraction of sp³-hybridized carbons (Fsp3) is 0.348. The van der Waals surface area contributed by atoms with Gasteiger partial charge >= 0.3 is 12.1 Å². The second kappa shape index (κ2) is 11.2. The van der Waals surface area contributed by atoms with Gasteiger partial charge in [0.05, 0.1) is 0 Å². The van der Waals surface area contributed by atoms with Crippen LogP contribution >= 0.6 is 0 Å². The van der Waals surface area contributed by atoms with Crippen LogP contribution in [-0.4, -0.2) is 47.2 Å². The first-order valence-corrected chi connectivity index (χ1v) is 10.3. The Morgan fingerprint density at radius 3 is 2.16 bits per heavy atom. The van der Waals surface area contributed by atoms with Crippen molar-refractivity contribution in [2.75, 3.05) is 13.1 Å². The number of carbonyl (C=O) groups is 3. The minimum atomic E-state index is -1.17. The summed E-state index contributed by atoms with van der Waals surface area (Å²) in [6, 6.07) is 17.0. The van der Waals surface area contributed by atoms with Gasteiger partial charge in [0.25, 0.3) is 0 Å². The summed E-state index contributed by atoms with van der Waals surface area (Å²) < 4.78 is 5.33. The normalized spacial score (nSPS) is 15.1. The molecule has 0 bridgehead atoms. The molecule has 1 atom stereocenters. The quantitative estimate of drug-likeness (QED) is 0.557. The summed E-state index contributed by atoms with van der Waals surface area (Å²) in [5, 5.41) is 13.6. The number of hydrogen-bond donors (Lipinski definition) is 3. The molecule has 0 aromatic heterocycles. The first-order valence-electron chi connectivity index (χ1n) is 10.3. The Kier molecular flexibility index (Phi) is 8.14. The average molecular weight is 425 g/mol. The molecule has 3 rings (SSSR count). The second-order valence-corrected chi connectivity index (χ2v) is 7.45. The van der Waals surface area contributed by atoms with Gasteiger partial charge in [0.1, 0.15) is 12.6 Å². The van der Waals surface area contributed by atoms with Gasteiger partial charge in [-0.2, -0.15) is 5.01 Å². The molecule has 2 amide bonds. The lowest BCUT2D eigenvalue weighted by atomic mass is 9.97. The molecule has 0 aliphatic carbocycles. The van der Waals surface area contributed by atoms with Gasteiger partial charge in [0.15, 0.2) is 0 Å². The number of ether oxygens (including phenoxy) is 1. The number of nitrogens with one attached hydrogen (secondary N) is 2. The van der Waals surface area contributed by atoms with E-state index in [-0.39, 0.29) is 18.9 Å². The summed E-state index contributed by atoms with van der Waals surface area (Å²) in [4.78, 5) is 37.8. The molecule has 31 heavy (non-hydrogen) atoms. The van der Waals surface area contributed by atoms with Gasteiger partial charge in [-0.1, -0.05) is 60.7 Å². The number of carbonyl (C=O) groups excluding carboxylic acids is 2. The van der Waals surface area contributed by atoms with Crippen molar-refractivity contribution >= 4 is 18.0 Å². The van der Waals surface area contributed by atoms with Gasteiger partial charge in [-0.05, 0) is 37.1 Å². The van der Waals surface area contributed by atoms with E-state index in [2.05, 4.69) is 10.7 Å². The van der Waals surface area contributed by atoms with Crippen LogP contribution in [0.1, 0.15) is 24.0 Å². The SMILES string of the molecule is O=C(O)[C@H](Cc1ccccc1)NN(C(=O)OCc1ccccc1)C(=O)C1CCNCC1. The zero-order valence-corrected chi connectivity index (χ0v) is 17.2. The Morgan fingerprint density at radius 1 is 1.00 bits per heavy atom. The zero-order chi connectivity index (χ0) is 22.1. The van der Waals surface area contributed by atoms with Crippen LogP contribution in [0.3, 0.4) is 0 Å². The number of carboxylic acids is 1. The molecule has 8 heteroatoms. The average Bonchev–Trinajstić information content (AvgIpc) is 2.81. The van der Waals surface area contributed by atoms with Crippen LogP contribution in [0.5, 0.6) is 0 Å². The zero-order valence-electron chi connectivity index (χ0n) is 17.2. The lowest BCUT2D eigenvalue weighted by molar-refractivity contribution is -0.144. The maximum Gasteiger partial charge on any atom is 0.431 e. The molecule has 1 fully saturated rings. The lowest BCUT2D eigenvalue weighted by Crippen LogP contribution is -2.57. The number of imide groups is 1. The largest absolute Gasteiger partial charge is 0.480 e. The molecule has 1 aliphatic heterocycles. The van der Waals surface area contributed by atoms with Gasteiger partial charge < -0.3 is 15.2 Å². The third-order valence-electron chi connectivity index (χ3n) is 5.16. The van der Waals surface area contributed by atoms with Gasteiger partial charge in [0.2, 0.25) is 5.91 Å². The van der Waals surface area contributed by atoms with Gasteiger partial charge in [-0.3, -0.25) is 9.59 Å². The predicted octanol–water partition coefficient (Wildman–Crippen LogP) is 2.35. The van der Waals surface area contributed by atoms with Gasteiger partial charge in [-0.15, -0.1) is 0 Å². The fourth-order valence-corrected chi connectivity index (χ4v) is 3.44. The van der Waals surface area contributed by atoms with Crippen LogP contribution in [0.2, 0.25) is 0 Å². The number of amides is 2. The molecule has 3 N–H and O–H groups in total. The molecule has 0 radical (unpaired) electrons. The summed E-state index contributed by atoms with van der Waals surface area (Å²) in [5.41, 5.74) is 4.16. The number of nitrogens with zero attached hydrogens (tertiary/aromatic N) is 1. The van der Waals surface area contributed by atoms with Gasteiger partial charge in [0, 0.05) is 12.3 Å². The van der Waals surface area contributed by atoms with Crippen molar-refractivity contribution in [1.82, 2.24) is 15.8 Å². The van der Waals surface area contributed by atoms with E-state index >= 15 is 0 Å². The summed E-state index contributed by atoms with van der Waals surface area (Å²) in [6.07, 6.45) is 0.337. The van der Waals surface area contributed by atoms with E-state index in [0.717, 1.165) is 16.1 Å². The van der Waals surface area contributed by atoms with Gasteiger partial charge in [-0.25, -0.2) is 10.2 Å². The molecule has 0 saturated carbocycles. The van der Waals surface area contributed by atoms with Crippen molar-refractivity contribution < 1.29 is 24.2 Å².